The second-order valence-electron chi connectivity index (χ2n) is 6.35. The lowest BCUT2D eigenvalue weighted by Crippen LogP contribution is -2.21. The van der Waals surface area contributed by atoms with Gasteiger partial charge in [-0.15, -0.1) is 0 Å². The molecule has 0 spiro atoms. The number of anilines is 1. The second kappa shape index (κ2) is 9.48. The fourth-order valence-corrected chi connectivity index (χ4v) is 2.82. The molecule has 0 aliphatic rings. The largest absolute Gasteiger partial charge is 0.457 e. The van der Waals surface area contributed by atoms with Crippen LogP contribution in [-0.2, 0) is 6.18 Å². The highest BCUT2D eigenvalue weighted by Gasteiger charge is 2.33. The van der Waals surface area contributed by atoms with Crippen LogP contribution in [0.5, 0.6) is 17.2 Å². The maximum atomic E-state index is 13.0. The van der Waals surface area contributed by atoms with Crippen molar-refractivity contribution in [2.45, 2.75) is 6.18 Å². The molecule has 166 valence electrons. The lowest BCUT2D eigenvalue weighted by molar-refractivity contribution is -0.137. The van der Waals surface area contributed by atoms with Crippen LogP contribution >= 0.6 is 11.6 Å². The number of aliphatic imine (C=N–C) groups is 1. The number of rotatable bonds is 5. The molecule has 0 bridgehead atoms. The predicted molar refractivity (Wildman–Crippen MR) is 117 cm³/mol. The summed E-state index contributed by atoms with van der Waals surface area (Å²) in [5, 5.41) is 9.48. The molecule has 32 heavy (non-hydrogen) atoms. The van der Waals surface area contributed by atoms with Crippen LogP contribution in [0, 0.1) is 5.41 Å². The summed E-state index contributed by atoms with van der Waals surface area (Å²) in [5.74, 6) is 1.23. The third kappa shape index (κ3) is 6.29. The van der Waals surface area contributed by atoms with Gasteiger partial charge < -0.3 is 26.3 Å². The molecule has 6 N–H and O–H groups in total. The molecule has 0 aliphatic heterocycles. The molecule has 0 unspecified atom stereocenters. The molecule has 0 aromatic heterocycles. The summed E-state index contributed by atoms with van der Waals surface area (Å²) in [5.41, 5.74) is 10.5. The molecule has 7 nitrogen and oxygen atoms in total. The van der Waals surface area contributed by atoms with Crippen LogP contribution in [0.25, 0.3) is 0 Å². The van der Waals surface area contributed by atoms with Crippen molar-refractivity contribution in [2.75, 3.05) is 5.32 Å². The summed E-state index contributed by atoms with van der Waals surface area (Å²) in [6.45, 7) is 0. The van der Waals surface area contributed by atoms with E-state index in [4.69, 9.17) is 38.0 Å². The lowest BCUT2D eigenvalue weighted by atomic mass is 10.2. The number of ether oxygens (including phenoxy) is 2. The van der Waals surface area contributed by atoms with Gasteiger partial charge in [0.2, 0.25) is 0 Å². The number of nitrogens with one attached hydrogen (secondary N) is 2. The van der Waals surface area contributed by atoms with Gasteiger partial charge >= 0.3 is 6.18 Å². The van der Waals surface area contributed by atoms with Gasteiger partial charge in [-0.25, -0.2) is 4.99 Å². The smallest absolute Gasteiger partial charge is 0.417 e. The van der Waals surface area contributed by atoms with Gasteiger partial charge in [0.25, 0.3) is 6.02 Å². The number of amidine groups is 1. The third-order valence-electron chi connectivity index (χ3n) is 3.90. The maximum absolute atomic E-state index is 13.0. The van der Waals surface area contributed by atoms with Crippen molar-refractivity contribution in [1.29, 1.82) is 5.41 Å². The normalized spacial score (nSPS) is 11.7. The Morgan fingerprint density at radius 1 is 0.938 bits per heavy atom. The van der Waals surface area contributed by atoms with Crippen LogP contribution in [-0.4, -0.2) is 12.0 Å². The first-order valence-electron chi connectivity index (χ1n) is 8.98. The highest BCUT2D eigenvalue weighted by Crippen LogP contribution is 2.36. The van der Waals surface area contributed by atoms with Gasteiger partial charge in [-0.05, 0) is 54.6 Å². The highest BCUT2D eigenvalue weighted by molar-refractivity contribution is 6.31. The number of nitrogens with two attached hydrogens (primary N) is 2. The fraction of sp³-hybridized carbons (Fsp3) is 0.0476. The first-order chi connectivity index (χ1) is 15.1. The van der Waals surface area contributed by atoms with Gasteiger partial charge in [0.1, 0.15) is 17.2 Å². The number of hydrogen-bond donors (Lipinski definition) is 4. The maximum Gasteiger partial charge on any atom is 0.417 e. The van der Waals surface area contributed by atoms with E-state index in [-0.39, 0.29) is 11.6 Å². The molecule has 0 heterocycles. The number of hydrogen-bond acceptors (Lipinski definition) is 4. The van der Waals surface area contributed by atoms with Gasteiger partial charge in [-0.2, -0.15) is 13.2 Å². The molecule has 0 saturated carbocycles. The Morgan fingerprint density at radius 2 is 1.62 bits per heavy atom. The Morgan fingerprint density at radius 3 is 2.28 bits per heavy atom. The second-order valence-corrected chi connectivity index (χ2v) is 6.76. The van der Waals surface area contributed by atoms with Crippen molar-refractivity contribution in [3.8, 4) is 17.2 Å². The van der Waals surface area contributed by atoms with Crippen molar-refractivity contribution in [1.82, 2.24) is 0 Å². The van der Waals surface area contributed by atoms with Crippen molar-refractivity contribution in [2.24, 2.45) is 16.5 Å². The molecular formula is C21H17ClF3N5O2. The Balaban J connectivity index is 1.71. The molecule has 0 aliphatic carbocycles. The molecule has 3 rings (SSSR count). The minimum atomic E-state index is -4.60. The minimum absolute atomic E-state index is 0.00741. The summed E-state index contributed by atoms with van der Waals surface area (Å²) in [6, 6.07) is 16.0. The molecule has 0 radical (unpaired) electrons. The van der Waals surface area contributed by atoms with E-state index in [0.29, 0.717) is 22.9 Å². The molecule has 0 fully saturated rings. The number of guanidine groups is 1. The predicted octanol–water partition coefficient (Wildman–Crippen LogP) is 5.48. The number of benzene rings is 3. The summed E-state index contributed by atoms with van der Waals surface area (Å²) < 4.78 is 49.7. The van der Waals surface area contributed by atoms with Gasteiger partial charge in [0, 0.05) is 11.8 Å². The quantitative estimate of drug-likeness (QED) is 0.295. The summed E-state index contributed by atoms with van der Waals surface area (Å²) >= 11 is 5.61. The molecule has 11 heteroatoms. The standard InChI is InChI=1S/C21H17ClF3N5O2/c22-18-9-4-13(11-17(18)21(23,24)25)30-20(28)29-12-2-1-3-16(10-12)31-14-5-7-15(8-6-14)32-19(26)27/h1-11H,(H3,26,27)(H3,28,29,30). The van der Waals surface area contributed by atoms with Crippen LogP contribution in [0.3, 0.4) is 0 Å². The monoisotopic (exact) mass is 463 g/mol. The zero-order valence-electron chi connectivity index (χ0n) is 16.3. The van der Waals surface area contributed by atoms with Crippen LogP contribution < -0.4 is 26.3 Å². The van der Waals surface area contributed by atoms with Gasteiger partial charge in [-0.1, -0.05) is 17.7 Å². The Kier molecular flexibility index (Phi) is 6.74. The van der Waals surface area contributed by atoms with Crippen molar-refractivity contribution < 1.29 is 22.6 Å². The van der Waals surface area contributed by atoms with Crippen molar-refractivity contribution >= 4 is 35.0 Å². The zero-order chi connectivity index (χ0) is 23.3. The Labute approximate surface area is 185 Å². The topological polar surface area (TPSA) is 119 Å². The number of halogens is 4. The van der Waals surface area contributed by atoms with E-state index in [9.17, 15) is 13.2 Å². The van der Waals surface area contributed by atoms with Crippen LogP contribution in [0.15, 0.2) is 71.7 Å². The van der Waals surface area contributed by atoms with Crippen molar-refractivity contribution in [3.63, 3.8) is 0 Å². The number of nitrogens with zero attached hydrogens (tertiary/aromatic N) is 1. The van der Waals surface area contributed by atoms with Gasteiger partial charge in [-0.3, -0.25) is 5.41 Å². The summed E-state index contributed by atoms with van der Waals surface area (Å²) in [6.07, 6.45) is -4.60. The van der Waals surface area contributed by atoms with E-state index >= 15 is 0 Å². The summed E-state index contributed by atoms with van der Waals surface area (Å²) in [4.78, 5) is 3.96. The van der Waals surface area contributed by atoms with Gasteiger partial charge in [0.15, 0.2) is 5.96 Å². The Hall–Kier alpha value is -3.92. The molecule has 0 atom stereocenters. The Bertz CT molecular complexity index is 1150. The third-order valence-corrected chi connectivity index (χ3v) is 4.23. The van der Waals surface area contributed by atoms with Gasteiger partial charge in [0.05, 0.1) is 16.3 Å². The average Bonchev–Trinajstić information content (AvgIpc) is 2.70. The summed E-state index contributed by atoms with van der Waals surface area (Å²) in [7, 11) is 0. The first-order valence-corrected chi connectivity index (χ1v) is 9.36. The lowest BCUT2D eigenvalue weighted by Gasteiger charge is -2.11. The van der Waals surface area contributed by atoms with Crippen molar-refractivity contribution in [3.05, 3.63) is 77.3 Å². The van der Waals surface area contributed by atoms with Crippen LogP contribution in [0.4, 0.5) is 24.5 Å². The van der Waals surface area contributed by atoms with E-state index in [2.05, 4.69) is 10.3 Å². The molecule has 0 saturated heterocycles. The van der Waals surface area contributed by atoms with E-state index < -0.39 is 22.8 Å². The SMILES string of the molecule is N=C(N)Oc1ccc(Oc2cccc(NC(N)=Nc3ccc(Cl)c(C(F)(F)F)c3)c2)cc1. The van der Waals surface area contributed by atoms with E-state index in [0.717, 1.165) is 12.1 Å². The molecular weight excluding hydrogens is 447 g/mol. The van der Waals surface area contributed by atoms with Crippen LogP contribution in [0.2, 0.25) is 5.02 Å². The average molecular weight is 464 g/mol. The zero-order valence-corrected chi connectivity index (χ0v) is 17.0. The number of alkyl halides is 3. The molecule has 3 aromatic rings. The van der Waals surface area contributed by atoms with E-state index in [1.165, 1.54) is 6.07 Å². The first kappa shape index (κ1) is 22.8. The highest BCUT2D eigenvalue weighted by atomic mass is 35.5. The van der Waals surface area contributed by atoms with E-state index in [1.54, 1.807) is 48.5 Å². The minimum Gasteiger partial charge on any atom is -0.457 e. The fourth-order valence-electron chi connectivity index (χ4n) is 2.59. The van der Waals surface area contributed by atoms with E-state index in [1.807, 2.05) is 0 Å². The molecule has 0 amide bonds. The van der Waals surface area contributed by atoms with Crippen LogP contribution in [0.1, 0.15) is 5.56 Å². The molecule has 3 aromatic carbocycles.